The van der Waals surface area contributed by atoms with Gasteiger partial charge in [0, 0.05) is 19.1 Å². The van der Waals surface area contributed by atoms with Gasteiger partial charge >= 0.3 is 0 Å². The van der Waals surface area contributed by atoms with Crippen molar-refractivity contribution in [1.82, 2.24) is 10.2 Å². The number of piperidine rings is 3. The molecule has 1 N–H and O–H groups in total. The van der Waals surface area contributed by atoms with Crippen molar-refractivity contribution in [2.75, 3.05) is 26.2 Å². The zero-order chi connectivity index (χ0) is 15.7. The Balaban J connectivity index is 1.54. The van der Waals surface area contributed by atoms with Crippen LogP contribution in [-0.4, -0.2) is 37.1 Å². The van der Waals surface area contributed by atoms with Crippen molar-refractivity contribution in [3.63, 3.8) is 0 Å². The van der Waals surface area contributed by atoms with Gasteiger partial charge in [0.15, 0.2) is 0 Å². The van der Waals surface area contributed by atoms with Gasteiger partial charge in [0.05, 0.1) is 0 Å². The fourth-order valence-corrected chi connectivity index (χ4v) is 3.95. The predicted octanol–water partition coefficient (Wildman–Crippen LogP) is 3.77. The lowest BCUT2D eigenvalue weighted by Crippen LogP contribution is -2.56. The molecule has 3 heterocycles. The fraction of sp³-hybridized carbons (Fsp3) is 0.700. The second-order valence-electron chi connectivity index (χ2n) is 8.43. The van der Waals surface area contributed by atoms with Crippen LogP contribution in [0.5, 0.6) is 0 Å². The predicted molar refractivity (Wildman–Crippen MR) is 94.5 cm³/mol. The molecule has 0 radical (unpaired) electrons. The van der Waals surface area contributed by atoms with E-state index in [9.17, 15) is 0 Å². The molecule has 3 fully saturated rings. The highest BCUT2D eigenvalue weighted by Gasteiger charge is 2.33. The van der Waals surface area contributed by atoms with Gasteiger partial charge in [0.2, 0.25) is 0 Å². The Morgan fingerprint density at radius 1 is 1.14 bits per heavy atom. The van der Waals surface area contributed by atoms with Gasteiger partial charge in [0.25, 0.3) is 0 Å². The standard InChI is InChI=1S/C20H32N2/c1-15(16-5-7-18(8-6-16)20(2,3)4)13-21-19-14-22-11-9-17(19)10-12-22/h5-8,15,17,19,21H,9-14H2,1-4H3. The SMILES string of the molecule is CC(CNC1CN2CCC1CC2)c1ccc(C(C)(C)C)cc1. The Hall–Kier alpha value is -0.860. The highest BCUT2D eigenvalue weighted by atomic mass is 15.2. The van der Waals surface area contributed by atoms with Gasteiger partial charge < -0.3 is 10.2 Å². The van der Waals surface area contributed by atoms with E-state index < -0.39 is 0 Å². The van der Waals surface area contributed by atoms with Crippen molar-refractivity contribution < 1.29 is 0 Å². The van der Waals surface area contributed by atoms with E-state index in [2.05, 4.69) is 62.2 Å². The van der Waals surface area contributed by atoms with Crippen molar-refractivity contribution in [2.24, 2.45) is 5.92 Å². The van der Waals surface area contributed by atoms with Gasteiger partial charge in [-0.1, -0.05) is 52.0 Å². The first-order chi connectivity index (χ1) is 10.4. The molecule has 0 saturated carbocycles. The van der Waals surface area contributed by atoms with E-state index in [0.717, 1.165) is 18.5 Å². The number of rotatable bonds is 4. The Kier molecular flexibility index (Phi) is 4.61. The van der Waals surface area contributed by atoms with Crippen LogP contribution in [0.4, 0.5) is 0 Å². The summed E-state index contributed by atoms with van der Waals surface area (Å²) in [7, 11) is 0. The minimum atomic E-state index is 0.246. The Morgan fingerprint density at radius 2 is 1.77 bits per heavy atom. The van der Waals surface area contributed by atoms with Gasteiger partial charge in [0.1, 0.15) is 0 Å². The van der Waals surface area contributed by atoms with E-state index in [-0.39, 0.29) is 5.41 Å². The number of nitrogens with zero attached hydrogens (tertiary/aromatic N) is 1. The van der Waals surface area contributed by atoms with E-state index in [0.29, 0.717) is 5.92 Å². The van der Waals surface area contributed by atoms with Crippen LogP contribution in [-0.2, 0) is 5.41 Å². The second kappa shape index (κ2) is 6.33. The number of fused-ring (bicyclic) bond motifs is 3. The maximum absolute atomic E-state index is 3.85. The molecular formula is C20H32N2. The van der Waals surface area contributed by atoms with Gasteiger partial charge in [-0.15, -0.1) is 0 Å². The van der Waals surface area contributed by atoms with Crippen LogP contribution in [0, 0.1) is 5.92 Å². The van der Waals surface area contributed by atoms with Crippen molar-refractivity contribution in [3.05, 3.63) is 35.4 Å². The molecule has 122 valence electrons. The molecule has 22 heavy (non-hydrogen) atoms. The van der Waals surface area contributed by atoms with Gasteiger partial charge in [-0.2, -0.15) is 0 Å². The molecular weight excluding hydrogens is 268 g/mol. The molecule has 2 heteroatoms. The van der Waals surface area contributed by atoms with Crippen LogP contribution in [0.25, 0.3) is 0 Å². The van der Waals surface area contributed by atoms with Crippen LogP contribution < -0.4 is 5.32 Å². The van der Waals surface area contributed by atoms with E-state index in [1.54, 1.807) is 0 Å². The fourth-order valence-electron chi connectivity index (χ4n) is 3.95. The summed E-state index contributed by atoms with van der Waals surface area (Å²) >= 11 is 0. The summed E-state index contributed by atoms with van der Waals surface area (Å²) < 4.78 is 0. The zero-order valence-corrected chi connectivity index (χ0v) is 14.7. The van der Waals surface area contributed by atoms with Crippen molar-refractivity contribution in [3.8, 4) is 0 Å². The molecule has 0 amide bonds. The lowest BCUT2D eigenvalue weighted by molar-refractivity contribution is 0.0723. The molecule has 0 aromatic heterocycles. The molecule has 3 aliphatic rings. The molecule has 4 rings (SSSR count). The highest BCUT2D eigenvalue weighted by molar-refractivity contribution is 5.29. The van der Waals surface area contributed by atoms with Crippen molar-refractivity contribution in [1.29, 1.82) is 0 Å². The number of benzene rings is 1. The van der Waals surface area contributed by atoms with Gasteiger partial charge in [-0.25, -0.2) is 0 Å². The summed E-state index contributed by atoms with van der Waals surface area (Å²) in [5.41, 5.74) is 3.13. The molecule has 2 nitrogen and oxygen atoms in total. The van der Waals surface area contributed by atoms with E-state index in [4.69, 9.17) is 0 Å². The average molecular weight is 300 g/mol. The third kappa shape index (κ3) is 3.55. The van der Waals surface area contributed by atoms with Crippen LogP contribution in [0.1, 0.15) is 57.6 Å². The zero-order valence-electron chi connectivity index (χ0n) is 14.7. The van der Waals surface area contributed by atoms with Crippen LogP contribution in [0.2, 0.25) is 0 Å². The molecule has 1 aromatic carbocycles. The Labute approximate surface area is 136 Å². The first kappa shape index (κ1) is 16.0. The summed E-state index contributed by atoms with van der Waals surface area (Å²) in [5.74, 6) is 1.50. The topological polar surface area (TPSA) is 15.3 Å². The van der Waals surface area contributed by atoms with E-state index in [1.165, 1.54) is 43.6 Å². The van der Waals surface area contributed by atoms with Crippen molar-refractivity contribution >= 4 is 0 Å². The Bertz CT molecular complexity index is 477. The summed E-state index contributed by atoms with van der Waals surface area (Å²) in [5, 5.41) is 3.85. The summed E-state index contributed by atoms with van der Waals surface area (Å²) in [6, 6.07) is 9.98. The van der Waals surface area contributed by atoms with Crippen molar-refractivity contribution in [2.45, 2.75) is 57.9 Å². The molecule has 0 aliphatic carbocycles. The normalized spacial score (nSPS) is 29.5. The minimum absolute atomic E-state index is 0.246. The molecule has 3 saturated heterocycles. The molecule has 2 atom stereocenters. The number of nitrogens with one attached hydrogen (secondary N) is 1. The third-order valence-electron chi connectivity index (χ3n) is 5.69. The monoisotopic (exact) mass is 300 g/mol. The van der Waals surface area contributed by atoms with Gasteiger partial charge in [-0.05, 0) is 54.3 Å². The third-order valence-corrected chi connectivity index (χ3v) is 5.69. The molecule has 3 aliphatic heterocycles. The smallest absolute Gasteiger partial charge is 0.0224 e. The van der Waals surface area contributed by atoms with E-state index >= 15 is 0 Å². The van der Waals surface area contributed by atoms with Crippen LogP contribution >= 0.6 is 0 Å². The first-order valence-corrected chi connectivity index (χ1v) is 8.99. The van der Waals surface area contributed by atoms with Crippen LogP contribution in [0.15, 0.2) is 24.3 Å². The number of hydrogen-bond donors (Lipinski definition) is 1. The quantitative estimate of drug-likeness (QED) is 0.910. The summed E-state index contributed by atoms with van der Waals surface area (Å²) in [4.78, 5) is 2.63. The summed E-state index contributed by atoms with van der Waals surface area (Å²) in [6.07, 6.45) is 2.79. The summed E-state index contributed by atoms with van der Waals surface area (Å²) in [6.45, 7) is 14.2. The maximum atomic E-state index is 3.85. The molecule has 2 bridgehead atoms. The largest absolute Gasteiger partial charge is 0.312 e. The van der Waals surface area contributed by atoms with Crippen LogP contribution in [0.3, 0.4) is 0 Å². The average Bonchev–Trinajstić information content (AvgIpc) is 2.53. The Morgan fingerprint density at radius 3 is 2.27 bits per heavy atom. The second-order valence-corrected chi connectivity index (χ2v) is 8.43. The maximum Gasteiger partial charge on any atom is 0.0224 e. The highest BCUT2D eigenvalue weighted by Crippen LogP contribution is 2.28. The molecule has 0 spiro atoms. The molecule has 1 aromatic rings. The van der Waals surface area contributed by atoms with E-state index in [1.807, 2.05) is 0 Å². The lowest BCUT2D eigenvalue weighted by atomic mass is 9.83. The van der Waals surface area contributed by atoms with Gasteiger partial charge in [-0.3, -0.25) is 0 Å². The number of hydrogen-bond acceptors (Lipinski definition) is 2. The molecule has 2 unspecified atom stereocenters. The minimum Gasteiger partial charge on any atom is -0.312 e. The lowest BCUT2D eigenvalue weighted by Gasteiger charge is -2.45. The first-order valence-electron chi connectivity index (χ1n) is 8.99.